The van der Waals surface area contributed by atoms with Crippen LogP contribution < -0.4 is 0 Å². The number of aryl methyl sites for hydroxylation is 2. The molecule has 0 bridgehead atoms. The minimum atomic E-state index is -0.948. The van der Waals surface area contributed by atoms with Gasteiger partial charge in [0.15, 0.2) is 0 Å². The van der Waals surface area contributed by atoms with E-state index in [0.717, 1.165) is 0 Å². The van der Waals surface area contributed by atoms with E-state index in [-0.39, 0.29) is 30.3 Å². The maximum atomic E-state index is 10.7. The first-order valence-electron chi connectivity index (χ1n) is 5.77. The number of carboxylic acids is 1. The van der Waals surface area contributed by atoms with E-state index in [9.17, 15) is 14.9 Å². The Balaban J connectivity index is 2.22. The van der Waals surface area contributed by atoms with Crippen LogP contribution in [0.25, 0.3) is 11.5 Å². The van der Waals surface area contributed by atoms with Gasteiger partial charge in [0.2, 0.25) is 11.8 Å². The van der Waals surface area contributed by atoms with Crippen molar-refractivity contribution < 1.29 is 19.2 Å². The summed E-state index contributed by atoms with van der Waals surface area (Å²) in [7, 11) is 0. The van der Waals surface area contributed by atoms with E-state index < -0.39 is 10.9 Å². The van der Waals surface area contributed by atoms with Crippen molar-refractivity contribution in [2.75, 3.05) is 0 Å². The van der Waals surface area contributed by atoms with Gasteiger partial charge in [0.1, 0.15) is 0 Å². The highest BCUT2D eigenvalue weighted by atomic mass is 16.6. The van der Waals surface area contributed by atoms with Crippen molar-refractivity contribution in [3.05, 3.63) is 39.8 Å². The molecule has 2 aromatic rings. The van der Waals surface area contributed by atoms with Gasteiger partial charge >= 0.3 is 5.97 Å². The fourth-order valence-electron chi connectivity index (χ4n) is 1.68. The molecule has 1 aromatic heterocycles. The molecule has 2 rings (SSSR count). The highest BCUT2D eigenvalue weighted by Gasteiger charge is 2.14. The Labute approximate surface area is 113 Å². The standard InChI is InChI=1S/C12H11N3O5/c1-7-6-8(2-3-9(7)15(18)19)12-14-13-10(20-12)4-5-11(16)17/h2-3,6H,4-5H2,1H3,(H,16,17). The fourth-order valence-corrected chi connectivity index (χ4v) is 1.68. The van der Waals surface area contributed by atoms with Crippen LogP contribution in [-0.4, -0.2) is 26.2 Å². The summed E-state index contributed by atoms with van der Waals surface area (Å²) in [6, 6.07) is 4.46. The SMILES string of the molecule is Cc1cc(-c2nnc(CCC(=O)O)o2)ccc1[N+](=O)[O-]. The fraction of sp³-hybridized carbons (Fsp3) is 0.250. The number of rotatable bonds is 5. The van der Waals surface area contributed by atoms with Crippen molar-refractivity contribution in [1.82, 2.24) is 10.2 Å². The minimum Gasteiger partial charge on any atom is -0.481 e. The molecular formula is C12H11N3O5. The molecule has 1 N–H and O–H groups in total. The molecule has 0 radical (unpaired) electrons. The molecule has 20 heavy (non-hydrogen) atoms. The normalized spacial score (nSPS) is 10.4. The van der Waals surface area contributed by atoms with Crippen LogP contribution >= 0.6 is 0 Å². The molecule has 104 valence electrons. The van der Waals surface area contributed by atoms with Crippen LogP contribution in [0, 0.1) is 17.0 Å². The summed E-state index contributed by atoms with van der Waals surface area (Å²) >= 11 is 0. The summed E-state index contributed by atoms with van der Waals surface area (Å²) < 4.78 is 5.32. The summed E-state index contributed by atoms with van der Waals surface area (Å²) in [4.78, 5) is 20.7. The predicted molar refractivity (Wildman–Crippen MR) is 67.1 cm³/mol. The van der Waals surface area contributed by atoms with Crippen molar-refractivity contribution >= 4 is 11.7 Å². The smallest absolute Gasteiger partial charge is 0.303 e. The van der Waals surface area contributed by atoms with E-state index in [4.69, 9.17) is 9.52 Å². The third-order valence-corrected chi connectivity index (χ3v) is 2.66. The van der Waals surface area contributed by atoms with Crippen LogP contribution in [0.2, 0.25) is 0 Å². The molecule has 0 unspecified atom stereocenters. The molecule has 1 heterocycles. The van der Waals surface area contributed by atoms with E-state index in [1.807, 2.05) is 0 Å². The number of nitrogens with zero attached hydrogens (tertiary/aromatic N) is 3. The second-order valence-electron chi connectivity index (χ2n) is 4.15. The zero-order valence-corrected chi connectivity index (χ0v) is 10.6. The number of hydrogen-bond acceptors (Lipinski definition) is 6. The third kappa shape index (κ3) is 2.97. The van der Waals surface area contributed by atoms with E-state index in [1.54, 1.807) is 13.0 Å². The average Bonchev–Trinajstić information content (AvgIpc) is 2.84. The Morgan fingerprint density at radius 2 is 2.20 bits per heavy atom. The highest BCUT2D eigenvalue weighted by molar-refractivity contribution is 5.66. The Kier molecular flexibility index (Phi) is 3.74. The molecule has 8 nitrogen and oxygen atoms in total. The lowest BCUT2D eigenvalue weighted by molar-refractivity contribution is -0.385. The van der Waals surface area contributed by atoms with Gasteiger partial charge in [-0.3, -0.25) is 14.9 Å². The molecular weight excluding hydrogens is 266 g/mol. The molecule has 0 saturated heterocycles. The van der Waals surface area contributed by atoms with Crippen molar-refractivity contribution in [1.29, 1.82) is 0 Å². The Morgan fingerprint density at radius 1 is 1.45 bits per heavy atom. The van der Waals surface area contributed by atoms with Crippen LogP contribution in [0.3, 0.4) is 0 Å². The van der Waals surface area contributed by atoms with Gasteiger partial charge < -0.3 is 9.52 Å². The number of nitro benzene ring substituents is 1. The van der Waals surface area contributed by atoms with Gasteiger partial charge in [0.05, 0.1) is 11.3 Å². The number of aliphatic carboxylic acids is 1. The second-order valence-corrected chi connectivity index (χ2v) is 4.15. The lowest BCUT2D eigenvalue weighted by atomic mass is 10.1. The number of carboxylic acid groups (broad SMARTS) is 1. The van der Waals surface area contributed by atoms with Gasteiger partial charge in [-0.15, -0.1) is 10.2 Å². The van der Waals surface area contributed by atoms with Gasteiger partial charge in [0, 0.05) is 23.6 Å². The molecule has 0 saturated carbocycles. The summed E-state index contributed by atoms with van der Waals surface area (Å²) in [5.41, 5.74) is 1.05. The van der Waals surface area contributed by atoms with Gasteiger partial charge in [-0.25, -0.2) is 0 Å². The van der Waals surface area contributed by atoms with Crippen LogP contribution in [0.5, 0.6) is 0 Å². The summed E-state index contributed by atoms with van der Waals surface area (Å²) in [6.45, 7) is 1.61. The molecule has 0 aliphatic heterocycles. The van der Waals surface area contributed by atoms with Crippen molar-refractivity contribution in [3.8, 4) is 11.5 Å². The average molecular weight is 277 g/mol. The van der Waals surface area contributed by atoms with Gasteiger partial charge in [-0.2, -0.15) is 0 Å². The molecule has 0 spiro atoms. The van der Waals surface area contributed by atoms with Crippen LogP contribution in [0.15, 0.2) is 22.6 Å². The van der Waals surface area contributed by atoms with Crippen LogP contribution in [-0.2, 0) is 11.2 Å². The van der Waals surface area contributed by atoms with Crippen molar-refractivity contribution in [2.24, 2.45) is 0 Å². The zero-order valence-electron chi connectivity index (χ0n) is 10.6. The maximum absolute atomic E-state index is 10.7. The number of carbonyl (C=O) groups is 1. The minimum absolute atomic E-state index is 0.0133. The Morgan fingerprint density at radius 3 is 2.80 bits per heavy atom. The van der Waals surface area contributed by atoms with E-state index >= 15 is 0 Å². The van der Waals surface area contributed by atoms with E-state index in [2.05, 4.69) is 10.2 Å². The van der Waals surface area contributed by atoms with Gasteiger partial charge in [-0.05, 0) is 19.1 Å². The van der Waals surface area contributed by atoms with E-state index in [0.29, 0.717) is 11.1 Å². The van der Waals surface area contributed by atoms with Gasteiger partial charge in [0.25, 0.3) is 5.69 Å². The summed E-state index contributed by atoms with van der Waals surface area (Å²) in [6.07, 6.45) is 0.0508. The van der Waals surface area contributed by atoms with Crippen molar-refractivity contribution in [2.45, 2.75) is 19.8 Å². The van der Waals surface area contributed by atoms with Crippen LogP contribution in [0.1, 0.15) is 17.9 Å². The molecule has 8 heteroatoms. The third-order valence-electron chi connectivity index (χ3n) is 2.66. The number of benzene rings is 1. The maximum Gasteiger partial charge on any atom is 0.303 e. The largest absolute Gasteiger partial charge is 0.481 e. The Bertz CT molecular complexity index is 665. The van der Waals surface area contributed by atoms with E-state index in [1.165, 1.54) is 12.1 Å². The molecule has 0 atom stereocenters. The quantitative estimate of drug-likeness (QED) is 0.655. The lowest BCUT2D eigenvalue weighted by Crippen LogP contribution is -1.97. The molecule has 0 amide bonds. The first kappa shape index (κ1) is 13.7. The molecule has 1 aromatic carbocycles. The van der Waals surface area contributed by atoms with Crippen LogP contribution in [0.4, 0.5) is 5.69 Å². The predicted octanol–water partition coefficient (Wildman–Crippen LogP) is 1.97. The first-order valence-corrected chi connectivity index (χ1v) is 5.77. The van der Waals surface area contributed by atoms with Gasteiger partial charge in [-0.1, -0.05) is 0 Å². The number of nitro groups is 1. The number of hydrogen-bond donors (Lipinski definition) is 1. The molecule has 0 fully saturated rings. The zero-order chi connectivity index (χ0) is 14.7. The first-order chi connectivity index (χ1) is 9.47. The van der Waals surface area contributed by atoms with Crippen molar-refractivity contribution in [3.63, 3.8) is 0 Å². The Hall–Kier alpha value is -2.77. The summed E-state index contributed by atoms with van der Waals surface area (Å²) in [5.74, 6) is -0.516. The molecule has 0 aliphatic carbocycles. The molecule has 0 aliphatic rings. The monoisotopic (exact) mass is 277 g/mol. The second kappa shape index (κ2) is 5.47. The topological polar surface area (TPSA) is 119 Å². The summed E-state index contributed by atoms with van der Waals surface area (Å²) in [5, 5.41) is 26.8. The lowest BCUT2D eigenvalue weighted by Gasteiger charge is -1.99. The highest BCUT2D eigenvalue weighted by Crippen LogP contribution is 2.25. The number of aromatic nitrogens is 2.